The number of hydrogen-bond acceptors (Lipinski definition) is 1. The number of nitrogens with one attached hydrogen (secondary N) is 1. The molecule has 1 atom stereocenters. The van der Waals surface area contributed by atoms with Crippen molar-refractivity contribution in [3.05, 3.63) is 35.9 Å². The smallest absolute Gasteiger partial charge is 0.00981 e. The lowest BCUT2D eigenvalue weighted by molar-refractivity contribution is 0.322. The van der Waals surface area contributed by atoms with Crippen LogP contribution in [0.1, 0.15) is 45.6 Å². The quantitative estimate of drug-likeness (QED) is 0.714. The minimum atomic E-state index is 0.676. The molecule has 17 heavy (non-hydrogen) atoms. The molecule has 0 aromatic heterocycles. The molecule has 0 aliphatic rings. The van der Waals surface area contributed by atoms with Gasteiger partial charge in [-0.2, -0.15) is 0 Å². The Hall–Kier alpha value is -0.820. The van der Waals surface area contributed by atoms with Gasteiger partial charge in [-0.3, -0.25) is 0 Å². The molecule has 0 aliphatic carbocycles. The molecule has 0 bridgehead atoms. The van der Waals surface area contributed by atoms with Gasteiger partial charge < -0.3 is 5.32 Å². The van der Waals surface area contributed by atoms with Crippen molar-refractivity contribution in [1.82, 2.24) is 5.32 Å². The molecule has 0 radical (unpaired) electrons. The van der Waals surface area contributed by atoms with E-state index in [9.17, 15) is 0 Å². The van der Waals surface area contributed by atoms with Crippen molar-refractivity contribution in [2.45, 2.75) is 52.5 Å². The summed E-state index contributed by atoms with van der Waals surface area (Å²) in [6.07, 6.45) is 5.01. The van der Waals surface area contributed by atoms with E-state index < -0.39 is 0 Å². The summed E-state index contributed by atoms with van der Waals surface area (Å²) < 4.78 is 0. The predicted octanol–water partition coefficient (Wildman–Crippen LogP) is 4.03. The van der Waals surface area contributed by atoms with E-state index in [0.717, 1.165) is 12.5 Å². The molecule has 0 fully saturated rings. The monoisotopic (exact) mass is 233 g/mol. The van der Waals surface area contributed by atoms with E-state index in [0.29, 0.717) is 6.04 Å². The van der Waals surface area contributed by atoms with Gasteiger partial charge in [-0.25, -0.2) is 0 Å². The summed E-state index contributed by atoms with van der Waals surface area (Å²) in [5.74, 6) is 0.818. The number of rotatable bonds is 8. The van der Waals surface area contributed by atoms with Crippen molar-refractivity contribution >= 4 is 0 Å². The first-order valence-corrected chi connectivity index (χ1v) is 7.09. The minimum Gasteiger partial charge on any atom is -0.314 e. The van der Waals surface area contributed by atoms with Crippen LogP contribution < -0.4 is 5.32 Å². The molecule has 0 heterocycles. The summed E-state index contributed by atoms with van der Waals surface area (Å²) in [5.41, 5.74) is 1.46. The van der Waals surface area contributed by atoms with Gasteiger partial charge in [0.25, 0.3) is 0 Å². The Morgan fingerprint density at radius 2 is 1.65 bits per heavy atom. The van der Waals surface area contributed by atoms with E-state index in [2.05, 4.69) is 56.4 Å². The van der Waals surface area contributed by atoms with Gasteiger partial charge in [0.1, 0.15) is 0 Å². The molecule has 0 spiro atoms. The summed E-state index contributed by atoms with van der Waals surface area (Å²) in [7, 11) is 0. The van der Waals surface area contributed by atoms with Crippen LogP contribution in [0, 0.1) is 5.92 Å². The summed E-state index contributed by atoms with van der Waals surface area (Å²) in [6.45, 7) is 7.90. The Kier molecular flexibility index (Phi) is 6.95. The predicted molar refractivity (Wildman–Crippen MR) is 76.3 cm³/mol. The van der Waals surface area contributed by atoms with Crippen LogP contribution in [0.4, 0.5) is 0 Å². The van der Waals surface area contributed by atoms with Crippen LogP contribution >= 0.6 is 0 Å². The molecule has 1 aromatic carbocycles. The number of benzene rings is 1. The zero-order valence-corrected chi connectivity index (χ0v) is 11.6. The largest absolute Gasteiger partial charge is 0.314 e. The van der Waals surface area contributed by atoms with Crippen LogP contribution in [0.15, 0.2) is 30.3 Å². The van der Waals surface area contributed by atoms with E-state index in [1.54, 1.807) is 0 Å². The number of hydrogen-bond donors (Lipinski definition) is 1. The first kappa shape index (κ1) is 14.2. The normalized spacial score (nSPS) is 12.9. The highest BCUT2D eigenvalue weighted by Crippen LogP contribution is 2.18. The molecule has 1 heteroatoms. The van der Waals surface area contributed by atoms with E-state index in [1.807, 2.05) is 0 Å². The highest BCUT2D eigenvalue weighted by molar-refractivity contribution is 5.14. The molecule has 1 unspecified atom stereocenters. The van der Waals surface area contributed by atoms with Crippen LogP contribution in [-0.4, -0.2) is 12.6 Å². The average molecular weight is 233 g/mol. The second kappa shape index (κ2) is 8.30. The Morgan fingerprint density at radius 3 is 2.18 bits per heavy atom. The average Bonchev–Trinajstić information content (AvgIpc) is 2.38. The van der Waals surface area contributed by atoms with Crippen molar-refractivity contribution in [1.29, 1.82) is 0 Å². The maximum atomic E-state index is 3.65. The molecule has 0 aliphatic heterocycles. The van der Waals surface area contributed by atoms with Crippen molar-refractivity contribution in [2.24, 2.45) is 5.92 Å². The topological polar surface area (TPSA) is 12.0 Å². The van der Waals surface area contributed by atoms with Crippen molar-refractivity contribution < 1.29 is 0 Å². The van der Waals surface area contributed by atoms with Crippen LogP contribution in [0.25, 0.3) is 0 Å². The van der Waals surface area contributed by atoms with Crippen molar-refractivity contribution in [2.75, 3.05) is 6.54 Å². The third-order valence-corrected chi connectivity index (χ3v) is 3.67. The van der Waals surface area contributed by atoms with E-state index in [4.69, 9.17) is 0 Å². The second-order valence-electron chi connectivity index (χ2n) is 4.77. The third-order valence-electron chi connectivity index (χ3n) is 3.67. The Balaban J connectivity index is 2.49. The van der Waals surface area contributed by atoms with Gasteiger partial charge in [-0.1, -0.05) is 63.9 Å². The SMILES string of the molecule is CCNC(CCc1ccccc1)C(CC)CC. The van der Waals surface area contributed by atoms with Gasteiger partial charge >= 0.3 is 0 Å². The Bertz CT molecular complexity index is 277. The first-order valence-electron chi connectivity index (χ1n) is 7.09. The first-order chi connectivity index (χ1) is 8.31. The molecule has 1 N–H and O–H groups in total. The van der Waals surface area contributed by atoms with Crippen LogP contribution in [0.2, 0.25) is 0 Å². The van der Waals surface area contributed by atoms with Gasteiger partial charge in [0.15, 0.2) is 0 Å². The highest BCUT2D eigenvalue weighted by atomic mass is 14.9. The fraction of sp³-hybridized carbons (Fsp3) is 0.625. The van der Waals surface area contributed by atoms with Crippen LogP contribution in [0.5, 0.6) is 0 Å². The molecular formula is C16H27N. The zero-order chi connectivity index (χ0) is 12.5. The maximum Gasteiger partial charge on any atom is 0.00981 e. The lowest BCUT2D eigenvalue weighted by Gasteiger charge is -2.26. The molecular weight excluding hydrogens is 206 g/mol. The summed E-state index contributed by atoms with van der Waals surface area (Å²) in [4.78, 5) is 0. The van der Waals surface area contributed by atoms with Gasteiger partial charge in [-0.05, 0) is 30.9 Å². The van der Waals surface area contributed by atoms with Crippen molar-refractivity contribution in [3.63, 3.8) is 0 Å². The molecule has 96 valence electrons. The molecule has 0 amide bonds. The third kappa shape index (κ3) is 4.91. The molecule has 1 rings (SSSR count). The number of aryl methyl sites for hydroxylation is 1. The highest BCUT2D eigenvalue weighted by Gasteiger charge is 2.16. The van der Waals surface area contributed by atoms with Crippen LogP contribution in [0.3, 0.4) is 0 Å². The zero-order valence-electron chi connectivity index (χ0n) is 11.6. The lowest BCUT2D eigenvalue weighted by Crippen LogP contribution is -2.36. The lowest BCUT2D eigenvalue weighted by atomic mass is 9.89. The molecule has 0 saturated carbocycles. The molecule has 0 saturated heterocycles. The van der Waals surface area contributed by atoms with Gasteiger partial charge in [0.05, 0.1) is 0 Å². The fourth-order valence-corrected chi connectivity index (χ4v) is 2.59. The summed E-state index contributed by atoms with van der Waals surface area (Å²) in [6, 6.07) is 11.5. The second-order valence-corrected chi connectivity index (χ2v) is 4.77. The Morgan fingerprint density at radius 1 is 1.00 bits per heavy atom. The summed E-state index contributed by atoms with van der Waals surface area (Å²) >= 11 is 0. The van der Waals surface area contributed by atoms with E-state index >= 15 is 0 Å². The fourth-order valence-electron chi connectivity index (χ4n) is 2.59. The standard InChI is InChI=1S/C16H27N/c1-4-15(5-2)16(17-6-3)13-12-14-10-8-7-9-11-14/h7-11,15-17H,4-6,12-13H2,1-3H3. The maximum absolute atomic E-state index is 3.65. The van der Waals surface area contributed by atoms with E-state index in [1.165, 1.54) is 31.2 Å². The molecule has 1 aromatic rings. The van der Waals surface area contributed by atoms with Crippen LogP contribution in [-0.2, 0) is 6.42 Å². The van der Waals surface area contributed by atoms with Gasteiger partial charge in [-0.15, -0.1) is 0 Å². The van der Waals surface area contributed by atoms with Crippen molar-refractivity contribution in [3.8, 4) is 0 Å². The van der Waals surface area contributed by atoms with Gasteiger partial charge in [0.2, 0.25) is 0 Å². The van der Waals surface area contributed by atoms with Gasteiger partial charge in [0, 0.05) is 6.04 Å². The van der Waals surface area contributed by atoms with E-state index in [-0.39, 0.29) is 0 Å². The molecule has 1 nitrogen and oxygen atoms in total. The Labute approximate surface area is 107 Å². The minimum absolute atomic E-state index is 0.676. The summed E-state index contributed by atoms with van der Waals surface area (Å²) in [5, 5.41) is 3.65.